The Balaban J connectivity index is 2.10. The molecule has 0 spiro atoms. The Bertz CT molecular complexity index is 300. The quantitative estimate of drug-likeness (QED) is 0.811. The Kier molecular flexibility index (Phi) is 3.34. The van der Waals surface area contributed by atoms with E-state index in [-0.39, 0.29) is 5.92 Å². The minimum absolute atomic E-state index is 0.172. The summed E-state index contributed by atoms with van der Waals surface area (Å²) < 4.78 is 37.3. The van der Waals surface area contributed by atoms with Crippen molar-refractivity contribution in [3.05, 3.63) is 0 Å². The van der Waals surface area contributed by atoms with Gasteiger partial charge in [0.05, 0.1) is 12.2 Å². The third-order valence-corrected chi connectivity index (χ3v) is 3.61. The molecule has 0 aromatic rings. The fourth-order valence-corrected chi connectivity index (χ4v) is 2.84. The Morgan fingerprint density at radius 3 is 2.47 bits per heavy atom. The van der Waals surface area contributed by atoms with Gasteiger partial charge in [0.15, 0.2) is 0 Å². The number of carbonyl (C=O) groups excluding carboxylic acids is 1. The molecule has 1 saturated carbocycles. The fraction of sp³-hybridized carbons (Fsp3) is 0.909. The van der Waals surface area contributed by atoms with Gasteiger partial charge in [-0.1, -0.05) is 12.8 Å². The van der Waals surface area contributed by atoms with Crippen molar-refractivity contribution in [3.8, 4) is 0 Å². The third-order valence-electron chi connectivity index (χ3n) is 3.61. The normalized spacial score (nSPS) is 31.5. The van der Waals surface area contributed by atoms with Crippen LogP contribution in [0.15, 0.2) is 0 Å². The number of hydrogen-bond acceptors (Lipinski definition) is 2. The second-order valence-corrected chi connectivity index (χ2v) is 4.96. The van der Waals surface area contributed by atoms with Crippen LogP contribution in [0, 0.1) is 5.92 Å². The molecule has 2 fully saturated rings. The number of carbonyl (C=O) groups is 1. The molecular formula is C11H17F3N2O. The third kappa shape index (κ3) is 2.73. The molecule has 6 heteroatoms. The van der Waals surface area contributed by atoms with Crippen molar-refractivity contribution in [3.63, 3.8) is 0 Å². The second-order valence-electron chi connectivity index (χ2n) is 4.96. The summed E-state index contributed by atoms with van der Waals surface area (Å²) in [6.07, 6.45) is -0.839. The van der Waals surface area contributed by atoms with E-state index in [1.54, 1.807) is 6.92 Å². The maximum atomic E-state index is 12.4. The number of nitrogens with zero attached hydrogens (tertiary/aromatic N) is 1. The largest absolute Gasteiger partial charge is 0.406 e. The lowest BCUT2D eigenvalue weighted by Crippen LogP contribution is -2.46. The van der Waals surface area contributed by atoms with Gasteiger partial charge in [-0.15, -0.1) is 0 Å². The topological polar surface area (TPSA) is 32.3 Å². The van der Waals surface area contributed by atoms with Gasteiger partial charge in [0.2, 0.25) is 5.91 Å². The van der Waals surface area contributed by atoms with Gasteiger partial charge in [0.25, 0.3) is 0 Å². The van der Waals surface area contributed by atoms with Crippen molar-refractivity contribution in [2.45, 2.75) is 51.0 Å². The number of nitrogens with one attached hydrogen (secondary N) is 1. The highest BCUT2D eigenvalue weighted by Gasteiger charge is 2.45. The summed E-state index contributed by atoms with van der Waals surface area (Å²) in [7, 11) is 0. The summed E-state index contributed by atoms with van der Waals surface area (Å²) in [4.78, 5) is 12.7. The number of hydrogen-bond donors (Lipinski definition) is 1. The molecule has 0 aromatic heterocycles. The van der Waals surface area contributed by atoms with Gasteiger partial charge < -0.3 is 4.90 Å². The number of amides is 1. The highest BCUT2D eigenvalue weighted by atomic mass is 19.4. The molecule has 2 unspecified atom stereocenters. The molecule has 0 bridgehead atoms. The van der Waals surface area contributed by atoms with E-state index in [4.69, 9.17) is 0 Å². The van der Waals surface area contributed by atoms with Crippen LogP contribution in [0.25, 0.3) is 0 Å². The smallest absolute Gasteiger partial charge is 0.316 e. The van der Waals surface area contributed by atoms with Crippen LogP contribution < -0.4 is 5.32 Å². The van der Waals surface area contributed by atoms with Crippen molar-refractivity contribution in [2.24, 2.45) is 5.92 Å². The highest BCUT2D eigenvalue weighted by molar-refractivity contribution is 5.84. The lowest BCUT2D eigenvalue weighted by Gasteiger charge is -2.29. The van der Waals surface area contributed by atoms with Crippen molar-refractivity contribution in [2.75, 3.05) is 6.54 Å². The summed E-state index contributed by atoms with van der Waals surface area (Å²) >= 11 is 0. The van der Waals surface area contributed by atoms with Crippen molar-refractivity contribution < 1.29 is 18.0 Å². The molecule has 2 rings (SSSR count). The first kappa shape index (κ1) is 12.7. The fourth-order valence-electron chi connectivity index (χ4n) is 2.84. The Hall–Kier alpha value is -0.780. The zero-order valence-corrected chi connectivity index (χ0v) is 9.76. The van der Waals surface area contributed by atoms with Gasteiger partial charge in [-0.2, -0.15) is 13.2 Å². The van der Waals surface area contributed by atoms with E-state index in [1.165, 1.54) is 0 Å². The van der Waals surface area contributed by atoms with Crippen LogP contribution in [0.5, 0.6) is 0 Å². The molecule has 1 aliphatic heterocycles. The number of alkyl halides is 3. The lowest BCUT2D eigenvalue weighted by atomic mass is 10.0. The monoisotopic (exact) mass is 250 g/mol. The molecule has 3 nitrogen and oxygen atoms in total. The van der Waals surface area contributed by atoms with Crippen LogP contribution in [0.4, 0.5) is 13.2 Å². The number of rotatable bonds is 2. The molecule has 1 aliphatic carbocycles. The molecule has 1 amide bonds. The lowest BCUT2D eigenvalue weighted by molar-refractivity contribution is -0.163. The molecule has 2 aliphatic rings. The first-order chi connectivity index (χ1) is 7.88. The predicted molar refractivity (Wildman–Crippen MR) is 56.1 cm³/mol. The van der Waals surface area contributed by atoms with Crippen molar-refractivity contribution in [1.82, 2.24) is 10.2 Å². The van der Waals surface area contributed by atoms with Crippen molar-refractivity contribution >= 4 is 5.91 Å². The predicted octanol–water partition coefficient (Wildman–Crippen LogP) is 1.89. The standard InChI is InChI=1S/C11H17F3N2O/c1-7-10(17)16(6-11(12,13)14)9(15-7)8-4-2-3-5-8/h7-9,15H,2-6H2,1H3. The van der Waals surface area contributed by atoms with Gasteiger partial charge in [-0.25, -0.2) is 0 Å². The maximum Gasteiger partial charge on any atom is 0.406 e. The van der Waals surface area contributed by atoms with E-state index in [0.29, 0.717) is 0 Å². The first-order valence-corrected chi connectivity index (χ1v) is 6.02. The zero-order valence-electron chi connectivity index (χ0n) is 9.76. The van der Waals surface area contributed by atoms with Gasteiger partial charge in [0, 0.05) is 0 Å². The van der Waals surface area contributed by atoms with E-state index >= 15 is 0 Å². The van der Waals surface area contributed by atoms with Crippen molar-refractivity contribution in [1.29, 1.82) is 0 Å². The molecular weight excluding hydrogens is 233 g/mol. The van der Waals surface area contributed by atoms with Crippen LogP contribution >= 0.6 is 0 Å². The number of halogens is 3. The molecule has 0 radical (unpaired) electrons. The Morgan fingerprint density at radius 2 is 1.94 bits per heavy atom. The highest BCUT2D eigenvalue weighted by Crippen LogP contribution is 2.33. The van der Waals surface area contributed by atoms with Crippen LogP contribution in [0.1, 0.15) is 32.6 Å². The molecule has 1 heterocycles. The van der Waals surface area contributed by atoms with Crippen LogP contribution in [0.3, 0.4) is 0 Å². The van der Waals surface area contributed by atoms with Crippen LogP contribution in [-0.4, -0.2) is 35.7 Å². The molecule has 17 heavy (non-hydrogen) atoms. The van der Waals surface area contributed by atoms with Gasteiger partial charge in [0.1, 0.15) is 6.54 Å². The van der Waals surface area contributed by atoms with Crippen LogP contribution in [-0.2, 0) is 4.79 Å². The summed E-state index contributed by atoms with van der Waals surface area (Å²) in [5, 5.41) is 2.99. The zero-order chi connectivity index (χ0) is 12.6. The van der Waals surface area contributed by atoms with E-state index in [2.05, 4.69) is 5.32 Å². The average Bonchev–Trinajstić information content (AvgIpc) is 2.80. The van der Waals surface area contributed by atoms with Gasteiger partial charge in [-0.3, -0.25) is 10.1 Å². The van der Waals surface area contributed by atoms with Gasteiger partial charge in [-0.05, 0) is 25.7 Å². The molecule has 0 aromatic carbocycles. The molecule has 2 atom stereocenters. The SMILES string of the molecule is CC1NC(C2CCCC2)N(CC(F)(F)F)C1=O. The van der Waals surface area contributed by atoms with Gasteiger partial charge >= 0.3 is 6.18 Å². The summed E-state index contributed by atoms with van der Waals surface area (Å²) in [6.45, 7) is 0.491. The average molecular weight is 250 g/mol. The van der Waals surface area contributed by atoms with Crippen LogP contribution in [0.2, 0.25) is 0 Å². The molecule has 1 N–H and O–H groups in total. The minimum Gasteiger partial charge on any atom is -0.316 e. The summed E-state index contributed by atoms with van der Waals surface area (Å²) in [6, 6.07) is -0.497. The second kappa shape index (κ2) is 4.48. The Morgan fingerprint density at radius 1 is 1.35 bits per heavy atom. The summed E-state index contributed by atoms with van der Waals surface area (Å²) in [5.41, 5.74) is 0. The molecule has 1 saturated heterocycles. The Labute approximate surface area is 98.3 Å². The van der Waals surface area contributed by atoms with E-state index < -0.39 is 30.8 Å². The van der Waals surface area contributed by atoms with E-state index in [0.717, 1.165) is 30.6 Å². The molecule has 98 valence electrons. The minimum atomic E-state index is -4.32. The maximum absolute atomic E-state index is 12.4. The van der Waals surface area contributed by atoms with E-state index in [1.807, 2.05) is 0 Å². The summed E-state index contributed by atoms with van der Waals surface area (Å²) in [5.74, 6) is -0.259. The first-order valence-electron chi connectivity index (χ1n) is 6.02. The van der Waals surface area contributed by atoms with E-state index in [9.17, 15) is 18.0 Å².